The van der Waals surface area contributed by atoms with Gasteiger partial charge in [-0.3, -0.25) is 4.79 Å². The number of aromatic nitrogens is 2. The minimum atomic E-state index is 0.0135. The number of carbonyl (C=O) groups is 1. The number of aryl methyl sites for hydroxylation is 1. The molecule has 1 aliphatic heterocycles. The number of benzene rings is 1. The molecular weight excluding hydrogens is 292 g/mol. The van der Waals surface area contributed by atoms with Crippen molar-refractivity contribution in [2.45, 2.75) is 32.7 Å². The van der Waals surface area contributed by atoms with Gasteiger partial charge in [-0.1, -0.05) is 17.3 Å². The Kier molecular flexibility index (Phi) is 4.43. The number of nitrogens with two attached hydrogens (primary N) is 1. The quantitative estimate of drug-likeness (QED) is 0.939. The second-order valence-electron chi connectivity index (χ2n) is 6.18. The highest BCUT2D eigenvalue weighted by atomic mass is 16.5. The Morgan fingerprint density at radius 3 is 2.65 bits per heavy atom. The van der Waals surface area contributed by atoms with Crippen molar-refractivity contribution < 1.29 is 9.32 Å². The van der Waals surface area contributed by atoms with Crippen molar-refractivity contribution >= 4 is 5.91 Å². The number of amides is 1. The van der Waals surface area contributed by atoms with Gasteiger partial charge in [-0.15, -0.1) is 0 Å². The number of rotatable bonds is 3. The van der Waals surface area contributed by atoms with E-state index in [0.717, 1.165) is 25.9 Å². The van der Waals surface area contributed by atoms with E-state index in [1.165, 1.54) is 0 Å². The summed E-state index contributed by atoms with van der Waals surface area (Å²) >= 11 is 0. The van der Waals surface area contributed by atoms with Gasteiger partial charge >= 0.3 is 0 Å². The van der Waals surface area contributed by atoms with Crippen LogP contribution in [-0.2, 0) is 0 Å². The van der Waals surface area contributed by atoms with Crippen LogP contribution in [0.2, 0.25) is 0 Å². The van der Waals surface area contributed by atoms with Crippen LogP contribution in [0.5, 0.6) is 0 Å². The smallest absolute Gasteiger partial charge is 0.258 e. The molecule has 1 atom stereocenters. The molecule has 122 valence electrons. The molecule has 1 aromatic carbocycles. The Bertz CT molecular complexity index is 687. The van der Waals surface area contributed by atoms with Crippen molar-refractivity contribution in [1.82, 2.24) is 15.0 Å². The molecule has 2 aromatic rings. The SMILES string of the molecule is Cc1noc(-c2ccccc2C(=O)N2CCC(C(C)N)CC2)n1. The zero-order chi connectivity index (χ0) is 16.4. The van der Waals surface area contributed by atoms with Crippen molar-refractivity contribution in [2.75, 3.05) is 13.1 Å². The molecule has 0 aliphatic carbocycles. The Hall–Kier alpha value is -2.21. The van der Waals surface area contributed by atoms with Gasteiger partial charge in [0.1, 0.15) is 0 Å². The molecule has 3 rings (SSSR count). The molecule has 1 fully saturated rings. The summed E-state index contributed by atoms with van der Waals surface area (Å²) in [5, 5.41) is 3.81. The fourth-order valence-corrected chi connectivity index (χ4v) is 3.06. The van der Waals surface area contributed by atoms with Crippen molar-refractivity contribution in [3.63, 3.8) is 0 Å². The van der Waals surface area contributed by atoms with Crippen molar-refractivity contribution in [1.29, 1.82) is 0 Å². The van der Waals surface area contributed by atoms with Crippen molar-refractivity contribution in [3.8, 4) is 11.5 Å². The average Bonchev–Trinajstić information content (AvgIpc) is 3.00. The van der Waals surface area contributed by atoms with E-state index in [1.54, 1.807) is 6.92 Å². The molecule has 2 heterocycles. The van der Waals surface area contributed by atoms with Gasteiger partial charge in [-0.25, -0.2) is 0 Å². The van der Waals surface area contributed by atoms with E-state index in [9.17, 15) is 4.79 Å². The predicted octanol–water partition coefficient (Wildman–Crippen LogP) is 2.24. The second-order valence-corrected chi connectivity index (χ2v) is 6.18. The highest BCUT2D eigenvalue weighted by molar-refractivity contribution is 6.00. The van der Waals surface area contributed by atoms with Gasteiger partial charge in [0.15, 0.2) is 5.82 Å². The lowest BCUT2D eigenvalue weighted by Gasteiger charge is -2.34. The number of nitrogens with zero attached hydrogens (tertiary/aromatic N) is 3. The molecule has 6 nitrogen and oxygen atoms in total. The maximum atomic E-state index is 12.9. The standard InChI is InChI=1S/C17H22N4O2/c1-11(18)13-7-9-21(10-8-13)17(22)15-6-4-3-5-14(15)16-19-12(2)20-23-16/h3-6,11,13H,7-10,18H2,1-2H3. The summed E-state index contributed by atoms with van der Waals surface area (Å²) in [5.41, 5.74) is 7.27. The molecular formula is C17H22N4O2. The molecule has 1 aromatic heterocycles. The summed E-state index contributed by atoms with van der Waals surface area (Å²) in [6.07, 6.45) is 1.90. The van der Waals surface area contributed by atoms with Crippen LogP contribution in [0, 0.1) is 12.8 Å². The normalized spacial score (nSPS) is 17.3. The highest BCUT2D eigenvalue weighted by Gasteiger charge is 2.27. The van der Waals surface area contributed by atoms with E-state index in [4.69, 9.17) is 10.3 Å². The van der Waals surface area contributed by atoms with Crippen LogP contribution in [0.4, 0.5) is 0 Å². The zero-order valence-electron chi connectivity index (χ0n) is 13.5. The predicted molar refractivity (Wildman–Crippen MR) is 86.7 cm³/mol. The lowest BCUT2D eigenvalue weighted by molar-refractivity contribution is 0.0681. The number of carbonyl (C=O) groups excluding carboxylic acids is 1. The second kappa shape index (κ2) is 6.50. The summed E-state index contributed by atoms with van der Waals surface area (Å²) in [7, 11) is 0. The Balaban J connectivity index is 1.81. The van der Waals surface area contributed by atoms with Crippen LogP contribution in [0.25, 0.3) is 11.5 Å². The molecule has 1 amide bonds. The molecule has 6 heteroatoms. The van der Waals surface area contributed by atoms with Gasteiger partial charge in [-0.2, -0.15) is 4.98 Å². The van der Waals surface area contributed by atoms with E-state index in [1.807, 2.05) is 36.1 Å². The van der Waals surface area contributed by atoms with Crippen molar-refractivity contribution in [2.24, 2.45) is 11.7 Å². The van der Waals surface area contributed by atoms with Crippen LogP contribution < -0.4 is 5.73 Å². The fraction of sp³-hybridized carbons (Fsp3) is 0.471. The van der Waals surface area contributed by atoms with E-state index in [0.29, 0.717) is 28.8 Å². The van der Waals surface area contributed by atoms with Gasteiger partial charge < -0.3 is 15.2 Å². The maximum absolute atomic E-state index is 12.9. The fourth-order valence-electron chi connectivity index (χ4n) is 3.06. The monoisotopic (exact) mass is 314 g/mol. The molecule has 0 radical (unpaired) electrons. The van der Waals surface area contributed by atoms with E-state index in [2.05, 4.69) is 10.1 Å². The van der Waals surface area contributed by atoms with Gasteiger partial charge in [0.2, 0.25) is 0 Å². The summed E-state index contributed by atoms with van der Waals surface area (Å²) in [6, 6.07) is 7.56. The van der Waals surface area contributed by atoms with Gasteiger partial charge in [0, 0.05) is 19.1 Å². The number of piperidine rings is 1. The minimum Gasteiger partial charge on any atom is -0.339 e. The van der Waals surface area contributed by atoms with Crippen LogP contribution in [0.3, 0.4) is 0 Å². The summed E-state index contributed by atoms with van der Waals surface area (Å²) in [6.45, 7) is 5.27. The first-order valence-electron chi connectivity index (χ1n) is 8.01. The first-order valence-corrected chi connectivity index (χ1v) is 8.01. The lowest BCUT2D eigenvalue weighted by Crippen LogP contribution is -2.42. The van der Waals surface area contributed by atoms with E-state index in [-0.39, 0.29) is 11.9 Å². The van der Waals surface area contributed by atoms with Crippen LogP contribution in [0.15, 0.2) is 28.8 Å². The molecule has 0 bridgehead atoms. The summed E-state index contributed by atoms with van der Waals surface area (Å²) in [5.74, 6) is 1.45. The van der Waals surface area contributed by atoms with Crippen LogP contribution in [-0.4, -0.2) is 40.1 Å². The largest absolute Gasteiger partial charge is 0.339 e. The summed E-state index contributed by atoms with van der Waals surface area (Å²) in [4.78, 5) is 19.0. The van der Waals surface area contributed by atoms with Crippen LogP contribution in [0.1, 0.15) is 35.9 Å². The third-order valence-electron chi connectivity index (χ3n) is 4.49. The zero-order valence-corrected chi connectivity index (χ0v) is 13.5. The third kappa shape index (κ3) is 3.27. The Labute approximate surface area is 135 Å². The maximum Gasteiger partial charge on any atom is 0.258 e. The summed E-state index contributed by atoms with van der Waals surface area (Å²) < 4.78 is 5.23. The highest BCUT2D eigenvalue weighted by Crippen LogP contribution is 2.26. The molecule has 0 spiro atoms. The number of hydrogen-bond donors (Lipinski definition) is 1. The number of hydrogen-bond acceptors (Lipinski definition) is 5. The van der Waals surface area contributed by atoms with Gasteiger partial charge in [0.25, 0.3) is 11.8 Å². The minimum absolute atomic E-state index is 0.0135. The topological polar surface area (TPSA) is 85.2 Å². The average molecular weight is 314 g/mol. The molecule has 1 aliphatic rings. The lowest BCUT2D eigenvalue weighted by atomic mass is 9.90. The van der Waals surface area contributed by atoms with Crippen LogP contribution >= 0.6 is 0 Å². The molecule has 23 heavy (non-hydrogen) atoms. The number of likely N-dealkylation sites (tertiary alicyclic amines) is 1. The van der Waals surface area contributed by atoms with E-state index < -0.39 is 0 Å². The Morgan fingerprint density at radius 1 is 1.35 bits per heavy atom. The van der Waals surface area contributed by atoms with Gasteiger partial charge in [0.05, 0.1) is 11.1 Å². The third-order valence-corrected chi connectivity index (χ3v) is 4.49. The first kappa shape index (κ1) is 15.7. The molecule has 1 saturated heterocycles. The van der Waals surface area contributed by atoms with Gasteiger partial charge in [-0.05, 0) is 44.7 Å². The molecule has 1 unspecified atom stereocenters. The molecule has 0 saturated carbocycles. The van der Waals surface area contributed by atoms with E-state index >= 15 is 0 Å². The van der Waals surface area contributed by atoms with Crippen molar-refractivity contribution in [3.05, 3.63) is 35.7 Å². The Morgan fingerprint density at radius 2 is 2.04 bits per heavy atom. The molecule has 2 N–H and O–H groups in total. The first-order chi connectivity index (χ1) is 11.1.